The van der Waals surface area contributed by atoms with E-state index in [0.717, 1.165) is 5.69 Å². The molecule has 2 aromatic rings. The summed E-state index contributed by atoms with van der Waals surface area (Å²) in [7, 11) is 0. The Hall–Kier alpha value is -2.34. The van der Waals surface area contributed by atoms with Crippen molar-refractivity contribution in [1.82, 2.24) is 14.9 Å². The molecule has 1 unspecified atom stereocenters. The average Bonchev–Trinajstić information content (AvgIpc) is 2.98. The highest BCUT2D eigenvalue weighted by atomic mass is 19.1. The zero-order valence-electron chi connectivity index (χ0n) is 12.7. The second-order valence-electron chi connectivity index (χ2n) is 5.80. The predicted molar refractivity (Wildman–Crippen MR) is 81.8 cm³/mol. The van der Waals surface area contributed by atoms with Crippen molar-refractivity contribution in [2.45, 2.75) is 24.9 Å². The smallest absolute Gasteiger partial charge is 0.223 e. The normalized spacial score (nSPS) is 20.7. The second kappa shape index (κ2) is 6.42. The Morgan fingerprint density at radius 1 is 1.30 bits per heavy atom. The monoisotopic (exact) mass is 315 g/mol. The van der Waals surface area contributed by atoms with Gasteiger partial charge >= 0.3 is 0 Å². The Morgan fingerprint density at radius 3 is 2.78 bits per heavy atom. The third-order valence-corrected chi connectivity index (χ3v) is 4.22. The number of aliphatic hydroxyl groups is 1. The minimum Gasteiger partial charge on any atom is -0.383 e. The molecule has 23 heavy (non-hydrogen) atoms. The van der Waals surface area contributed by atoms with E-state index < -0.39 is 5.60 Å². The molecule has 0 radical (unpaired) electrons. The van der Waals surface area contributed by atoms with Gasteiger partial charge in [0.1, 0.15) is 17.7 Å². The van der Waals surface area contributed by atoms with Crippen LogP contribution in [0.4, 0.5) is 4.39 Å². The van der Waals surface area contributed by atoms with Crippen LogP contribution in [0.1, 0.15) is 24.1 Å². The summed E-state index contributed by atoms with van der Waals surface area (Å²) < 4.78 is 13.0. The Kier molecular flexibility index (Phi) is 4.34. The molecule has 0 aliphatic carbocycles. The summed E-state index contributed by atoms with van der Waals surface area (Å²) in [6.07, 6.45) is 4.46. The quantitative estimate of drug-likeness (QED) is 0.932. The number of carbonyl (C=O) groups is 1. The van der Waals surface area contributed by atoms with Crippen molar-refractivity contribution in [3.8, 4) is 0 Å². The van der Waals surface area contributed by atoms with Crippen molar-refractivity contribution in [2.24, 2.45) is 0 Å². The third kappa shape index (κ3) is 3.53. The topological polar surface area (TPSA) is 66.3 Å². The van der Waals surface area contributed by atoms with Gasteiger partial charge in [-0.25, -0.2) is 14.4 Å². The molecule has 1 aromatic heterocycles. The lowest BCUT2D eigenvalue weighted by atomic mass is 9.93. The van der Waals surface area contributed by atoms with Gasteiger partial charge in [-0.1, -0.05) is 12.1 Å². The van der Waals surface area contributed by atoms with Crippen LogP contribution in [0.15, 0.2) is 42.9 Å². The van der Waals surface area contributed by atoms with Gasteiger partial charge in [-0.05, 0) is 36.6 Å². The largest absolute Gasteiger partial charge is 0.383 e. The van der Waals surface area contributed by atoms with Gasteiger partial charge in [-0.15, -0.1) is 0 Å². The van der Waals surface area contributed by atoms with E-state index in [2.05, 4.69) is 9.97 Å². The van der Waals surface area contributed by atoms with E-state index in [9.17, 15) is 14.3 Å². The Bertz CT molecular complexity index is 678. The molecule has 5 nitrogen and oxygen atoms in total. The van der Waals surface area contributed by atoms with Gasteiger partial charge in [0, 0.05) is 24.9 Å². The van der Waals surface area contributed by atoms with E-state index >= 15 is 0 Å². The predicted octanol–water partition coefficient (Wildman–Crippen LogP) is 1.67. The number of nitrogens with zero attached hydrogens (tertiary/aromatic N) is 3. The van der Waals surface area contributed by atoms with Gasteiger partial charge in [0.2, 0.25) is 5.91 Å². The number of aromatic nitrogens is 2. The summed E-state index contributed by atoms with van der Waals surface area (Å²) in [5.74, 6) is -0.352. The number of likely N-dealkylation sites (tertiary alicyclic amines) is 1. The van der Waals surface area contributed by atoms with Crippen LogP contribution >= 0.6 is 0 Å². The summed E-state index contributed by atoms with van der Waals surface area (Å²) in [4.78, 5) is 21.9. The summed E-state index contributed by atoms with van der Waals surface area (Å²) in [5.41, 5.74) is 0.365. The molecule has 1 amide bonds. The van der Waals surface area contributed by atoms with Crippen molar-refractivity contribution in [3.05, 3.63) is 59.9 Å². The van der Waals surface area contributed by atoms with Gasteiger partial charge in [0.05, 0.1) is 6.54 Å². The molecule has 0 spiro atoms. The number of β-amino-alcohol motifs (C(OH)–C–C–N with tert-alkyl or cyclic N) is 1. The van der Waals surface area contributed by atoms with E-state index in [1.807, 2.05) is 0 Å². The second-order valence-corrected chi connectivity index (χ2v) is 5.80. The Labute approximate surface area is 133 Å². The molecule has 1 N–H and O–H groups in total. The zero-order chi connectivity index (χ0) is 16.3. The molecular weight excluding hydrogens is 297 g/mol. The first kappa shape index (κ1) is 15.6. The lowest BCUT2D eigenvalue weighted by Crippen LogP contribution is -2.34. The van der Waals surface area contributed by atoms with Crippen molar-refractivity contribution < 1.29 is 14.3 Å². The molecule has 1 aliphatic rings. The number of amides is 1. The molecule has 3 rings (SSSR count). The molecule has 0 saturated carbocycles. The fourth-order valence-corrected chi connectivity index (χ4v) is 2.86. The lowest BCUT2D eigenvalue weighted by Gasteiger charge is -2.24. The minimum absolute atomic E-state index is 0.0124. The molecule has 6 heteroatoms. The maximum absolute atomic E-state index is 13.0. The molecule has 2 heterocycles. The molecule has 1 atom stereocenters. The third-order valence-electron chi connectivity index (χ3n) is 4.22. The van der Waals surface area contributed by atoms with Gasteiger partial charge in [0.15, 0.2) is 0 Å². The summed E-state index contributed by atoms with van der Waals surface area (Å²) in [5, 5.41) is 10.7. The SMILES string of the molecule is O=C(CCc1ccncn1)N1CCC(O)(c2ccc(F)cc2)C1. The van der Waals surface area contributed by atoms with E-state index in [1.54, 1.807) is 29.3 Å². The number of carbonyl (C=O) groups excluding carboxylic acids is 1. The van der Waals surface area contributed by atoms with E-state index in [4.69, 9.17) is 0 Å². The fourth-order valence-electron chi connectivity index (χ4n) is 2.86. The van der Waals surface area contributed by atoms with Crippen LogP contribution in [-0.4, -0.2) is 39.0 Å². The van der Waals surface area contributed by atoms with Crippen molar-refractivity contribution in [3.63, 3.8) is 0 Å². The van der Waals surface area contributed by atoms with Crippen LogP contribution in [0, 0.1) is 5.82 Å². The highest BCUT2D eigenvalue weighted by Crippen LogP contribution is 2.32. The van der Waals surface area contributed by atoms with Gasteiger partial charge < -0.3 is 10.0 Å². The summed E-state index contributed by atoms with van der Waals surface area (Å²) in [6, 6.07) is 7.58. The molecule has 0 bridgehead atoms. The van der Waals surface area contributed by atoms with E-state index in [-0.39, 0.29) is 18.3 Å². The highest BCUT2D eigenvalue weighted by Gasteiger charge is 2.39. The zero-order valence-corrected chi connectivity index (χ0v) is 12.7. The maximum atomic E-state index is 13.0. The first-order valence-corrected chi connectivity index (χ1v) is 7.58. The van der Waals surface area contributed by atoms with E-state index in [1.165, 1.54) is 18.5 Å². The number of hydrogen-bond donors (Lipinski definition) is 1. The van der Waals surface area contributed by atoms with Crippen LogP contribution in [0.2, 0.25) is 0 Å². The molecule has 1 aliphatic heterocycles. The number of benzene rings is 1. The van der Waals surface area contributed by atoms with Crippen molar-refractivity contribution in [1.29, 1.82) is 0 Å². The summed E-state index contributed by atoms with van der Waals surface area (Å²) >= 11 is 0. The van der Waals surface area contributed by atoms with Crippen LogP contribution in [-0.2, 0) is 16.8 Å². The van der Waals surface area contributed by atoms with Crippen molar-refractivity contribution >= 4 is 5.91 Å². The first-order chi connectivity index (χ1) is 11.1. The number of halogens is 1. The molecule has 120 valence electrons. The van der Waals surface area contributed by atoms with Crippen LogP contribution in [0.3, 0.4) is 0 Å². The minimum atomic E-state index is -1.10. The number of rotatable bonds is 4. The Morgan fingerprint density at radius 2 is 2.09 bits per heavy atom. The van der Waals surface area contributed by atoms with Gasteiger partial charge in [-0.3, -0.25) is 4.79 Å². The van der Waals surface area contributed by atoms with Crippen LogP contribution in [0.5, 0.6) is 0 Å². The van der Waals surface area contributed by atoms with Gasteiger partial charge in [0.25, 0.3) is 0 Å². The fraction of sp³-hybridized carbons (Fsp3) is 0.353. The molecule has 1 fully saturated rings. The number of aryl methyl sites for hydroxylation is 1. The lowest BCUT2D eigenvalue weighted by molar-refractivity contribution is -0.131. The standard InChI is InChI=1S/C17H18FN3O2/c18-14-3-1-13(2-4-14)17(23)8-10-21(11-17)16(22)6-5-15-7-9-19-12-20-15/h1-4,7,9,12,23H,5-6,8,10-11H2. The number of hydrogen-bond acceptors (Lipinski definition) is 4. The average molecular weight is 315 g/mol. The van der Waals surface area contributed by atoms with Crippen molar-refractivity contribution in [2.75, 3.05) is 13.1 Å². The molecule has 1 aromatic carbocycles. The van der Waals surface area contributed by atoms with E-state index in [0.29, 0.717) is 31.4 Å². The van der Waals surface area contributed by atoms with Crippen LogP contribution < -0.4 is 0 Å². The first-order valence-electron chi connectivity index (χ1n) is 7.58. The highest BCUT2D eigenvalue weighted by molar-refractivity contribution is 5.77. The van der Waals surface area contributed by atoms with Gasteiger partial charge in [-0.2, -0.15) is 0 Å². The maximum Gasteiger partial charge on any atom is 0.223 e. The Balaban J connectivity index is 1.60. The summed E-state index contributed by atoms with van der Waals surface area (Å²) in [6.45, 7) is 0.734. The molecular formula is C17H18FN3O2. The van der Waals surface area contributed by atoms with Crippen LogP contribution in [0.25, 0.3) is 0 Å². The molecule has 1 saturated heterocycles.